The number of likely N-dealkylation sites (N-methyl/N-ethyl adjacent to an activating group) is 1. The third-order valence-corrected chi connectivity index (χ3v) is 2.43. The Labute approximate surface area is 96.0 Å². The summed E-state index contributed by atoms with van der Waals surface area (Å²) in [6, 6.07) is -0.344. The summed E-state index contributed by atoms with van der Waals surface area (Å²) in [7, 11) is 1.58. The van der Waals surface area contributed by atoms with Crippen molar-refractivity contribution in [3.63, 3.8) is 0 Å². The first kappa shape index (κ1) is 14.2. The smallest absolute Gasteiger partial charge is 0.240 e. The second-order valence-electron chi connectivity index (χ2n) is 3.30. The minimum Gasteiger partial charge on any atom is -0.359 e. The summed E-state index contributed by atoms with van der Waals surface area (Å²) in [5, 5.41) is 5.56. The summed E-state index contributed by atoms with van der Waals surface area (Å²) >= 11 is 0. The van der Waals surface area contributed by atoms with Crippen molar-refractivity contribution in [1.82, 2.24) is 15.5 Å². The molecule has 88 valence electrons. The Balaban J connectivity index is 0.00000196. The lowest BCUT2D eigenvalue weighted by molar-refractivity contribution is -0.137. The first-order valence-corrected chi connectivity index (χ1v) is 4.91. The number of nitrogens with zero attached hydrogens (tertiary/aromatic N) is 1. The predicted molar refractivity (Wildman–Crippen MR) is 60.0 cm³/mol. The zero-order valence-corrected chi connectivity index (χ0v) is 9.89. The van der Waals surface area contributed by atoms with Crippen molar-refractivity contribution < 1.29 is 9.59 Å². The molecule has 1 aliphatic heterocycles. The van der Waals surface area contributed by atoms with Crippen LogP contribution in [-0.4, -0.2) is 49.4 Å². The first-order valence-electron chi connectivity index (χ1n) is 4.91. The van der Waals surface area contributed by atoms with Gasteiger partial charge in [-0.1, -0.05) is 0 Å². The summed E-state index contributed by atoms with van der Waals surface area (Å²) in [4.78, 5) is 24.6. The Morgan fingerprint density at radius 2 is 2.33 bits per heavy atom. The number of amides is 2. The molecule has 1 atom stereocenters. The molecule has 1 fully saturated rings. The van der Waals surface area contributed by atoms with Crippen molar-refractivity contribution in [2.24, 2.45) is 0 Å². The third kappa shape index (κ3) is 3.68. The van der Waals surface area contributed by atoms with Gasteiger partial charge in [0.05, 0.1) is 12.5 Å². The van der Waals surface area contributed by atoms with E-state index in [2.05, 4.69) is 10.6 Å². The van der Waals surface area contributed by atoms with Gasteiger partial charge in [0.15, 0.2) is 0 Å². The van der Waals surface area contributed by atoms with E-state index in [9.17, 15) is 9.59 Å². The second-order valence-corrected chi connectivity index (χ2v) is 3.30. The number of rotatable bonds is 3. The molecule has 0 saturated carbocycles. The number of hydrogen-bond donors (Lipinski definition) is 2. The molecule has 1 heterocycles. The molecule has 2 N–H and O–H groups in total. The van der Waals surface area contributed by atoms with Gasteiger partial charge in [0.2, 0.25) is 11.8 Å². The maximum Gasteiger partial charge on any atom is 0.240 e. The first-order chi connectivity index (χ1) is 6.69. The zero-order chi connectivity index (χ0) is 10.6. The molecule has 15 heavy (non-hydrogen) atoms. The fourth-order valence-electron chi connectivity index (χ4n) is 1.55. The molecule has 2 amide bonds. The van der Waals surface area contributed by atoms with E-state index in [1.165, 1.54) is 0 Å². The molecule has 0 aromatic carbocycles. The molecule has 0 aromatic heterocycles. The van der Waals surface area contributed by atoms with Gasteiger partial charge < -0.3 is 15.5 Å². The van der Waals surface area contributed by atoms with Crippen LogP contribution in [0.1, 0.15) is 13.3 Å². The highest BCUT2D eigenvalue weighted by atomic mass is 35.5. The standard InChI is InChI=1S/C9H17N3O2.ClH/c1-3-12-5-4-11-7(9(12)14)6-8(13)10-2;/h7,11H,3-6H2,1-2H3,(H,10,13);1H. The molecular weight excluding hydrogens is 218 g/mol. The van der Waals surface area contributed by atoms with Crippen LogP contribution in [-0.2, 0) is 9.59 Å². The third-order valence-electron chi connectivity index (χ3n) is 2.43. The van der Waals surface area contributed by atoms with Crippen molar-refractivity contribution in [3.05, 3.63) is 0 Å². The lowest BCUT2D eigenvalue weighted by atomic mass is 10.1. The van der Waals surface area contributed by atoms with Crippen LogP contribution in [0.2, 0.25) is 0 Å². The van der Waals surface area contributed by atoms with Crippen molar-refractivity contribution >= 4 is 24.2 Å². The van der Waals surface area contributed by atoms with Gasteiger partial charge in [0.1, 0.15) is 0 Å². The minimum atomic E-state index is -0.344. The highest BCUT2D eigenvalue weighted by molar-refractivity contribution is 5.88. The molecule has 1 unspecified atom stereocenters. The van der Waals surface area contributed by atoms with E-state index in [4.69, 9.17) is 0 Å². The van der Waals surface area contributed by atoms with Crippen LogP contribution in [0.5, 0.6) is 0 Å². The summed E-state index contributed by atoms with van der Waals surface area (Å²) in [6.07, 6.45) is 0.228. The Morgan fingerprint density at radius 1 is 1.67 bits per heavy atom. The van der Waals surface area contributed by atoms with Gasteiger partial charge in [-0.15, -0.1) is 12.4 Å². The Hall–Kier alpha value is -0.810. The summed E-state index contributed by atoms with van der Waals surface area (Å²) in [6.45, 7) is 4.16. The number of piperazine rings is 1. The Kier molecular flexibility index (Phi) is 6.27. The average Bonchev–Trinajstić information content (AvgIpc) is 2.21. The van der Waals surface area contributed by atoms with Gasteiger partial charge in [-0.05, 0) is 6.92 Å². The van der Waals surface area contributed by atoms with Gasteiger partial charge >= 0.3 is 0 Å². The van der Waals surface area contributed by atoms with Gasteiger partial charge in [0, 0.05) is 26.7 Å². The minimum absolute atomic E-state index is 0. The SMILES string of the molecule is CCN1CCNC(CC(=O)NC)C1=O.Cl. The van der Waals surface area contributed by atoms with E-state index in [-0.39, 0.29) is 36.7 Å². The van der Waals surface area contributed by atoms with Crippen LogP contribution in [0.4, 0.5) is 0 Å². The summed E-state index contributed by atoms with van der Waals surface area (Å²) < 4.78 is 0. The van der Waals surface area contributed by atoms with Crippen LogP contribution >= 0.6 is 12.4 Å². The molecule has 5 nitrogen and oxygen atoms in total. The molecule has 1 saturated heterocycles. The van der Waals surface area contributed by atoms with Crippen molar-refractivity contribution in [3.8, 4) is 0 Å². The fraction of sp³-hybridized carbons (Fsp3) is 0.778. The topological polar surface area (TPSA) is 61.4 Å². The quantitative estimate of drug-likeness (QED) is 0.685. The Morgan fingerprint density at radius 3 is 2.87 bits per heavy atom. The zero-order valence-electron chi connectivity index (χ0n) is 9.08. The van der Waals surface area contributed by atoms with E-state index in [1.807, 2.05) is 6.92 Å². The highest BCUT2D eigenvalue weighted by Crippen LogP contribution is 2.04. The van der Waals surface area contributed by atoms with Gasteiger partial charge in [-0.2, -0.15) is 0 Å². The number of carbonyl (C=O) groups excluding carboxylic acids is 2. The number of carbonyl (C=O) groups is 2. The molecule has 0 bridgehead atoms. The predicted octanol–water partition coefficient (Wildman–Crippen LogP) is -0.635. The van der Waals surface area contributed by atoms with Crippen LogP contribution in [0, 0.1) is 0 Å². The van der Waals surface area contributed by atoms with E-state index >= 15 is 0 Å². The molecule has 0 spiro atoms. The number of nitrogens with one attached hydrogen (secondary N) is 2. The maximum atomic E-state index is 11.7. The lowest BCUT2D eigenvalue weighted by Gasteiger charge is -2.31. The van der Waals surface area contributed by atoms with E-state index < -0.39 is 0 Å². The summed E-state index contributed by atoms with van der Waals surface area (Å²) in [5.74, 6) is -0.0730. The fourth-order valence-corrected chi connectivity index (χ4v) is 1.55. The van der Waals surface area contributed by atoms with Crippen LogP contribution in [0.15, 0.2) is 0 Å². The van der Waals surface area contributed by atoms with E-state index in [0.29, 0.717) is 6.54 Å². The maximum absolute atomic E-state index is 11.7. The molecule has 0 radical (unpaired) electrons. The van der Waals surface area contributed by atoms with Gasteiger partial charge in [-0.3, -0.25) is 9.59 Å². The Bertz CT molecular complexity index is 235. The van der Waals surface area contributed by atoms with Crippen LogP contribution in [0.3, 0.4) is 0 Å². The van der Waals surface area contributed by atoms with Gasteiger partial charge in [-0.25, -0.2) is 0 Å². The average molecular weight is 236 g/mol. The van der Waals surface area contributed by atoms with E-state index in [0.717, 1.165) is 13.1 Å². The highest BCUT2D eigenvalue weighted by Gasteiger charge is 2.28. The van der Waals surface area contributed by atoms with Crippen LogP contribution in [0.25, 0.3) is 0 Å². The normalized spacial score (nSPS) is 20.8. The van der Waals surface area contributed by atoms with Crippen LogP contribution < -0.4 is 10.6 Å². The van der Waals surface area contributed by atoms with E-state index in [1.54, 1.807) is 11.9 Å². The second kappa shape index (κ2) is 6.63. The molecule has 1 aliphatic rings. The molecule has 6 heteroatoms. The number of hydrogen-bond acceptors (Lipinski definition) is 3. The van der Waals surface area contributed by atoms with Crippen molar-refractivity contribution in [1.29, 1.82) is 0 Å². The molecule has 1 rings (SSSR count). The molecular formula is C9H18ClN3O2. The monoisotopic (exact) mass is 235 g/mol. The van der Waals surface area contributed by atoms with Crippen molar-refractivity contribution in [2.45, 2.75) is 19.4 Å². The lowest BCUT2D eigenvalue weighted by Crippen LogP contribution is -2.55. The summed E-state index contributed by atoms with van der Waals surface area (Å²) in [5.41, 5.74) is 0. The largest absolute Gasteiger partial charge is 0.359 e. The van der Waals surface area contributed by atoms with Gasteiger partial charge in [0.25, 0.3) is 0 Å². The van der Waals surface area contributed by atoms with Crippen molar-refractivity contribution in [2.75, 3.05) is 26.7 Å². The molecule has 0 aliphatic carbocycles. The number of halogens is 1. The molecule has 0 aromatic rings.